The molecule has 41 heavy (non-hydrogen) atoms. The van der Waals surface area contributed by atoms with E-state index in [9.17, 15) is 14.4 Å². The summed E-state index contributed by atoms with van der Waals surface area (Å²) in [6, 6.07) is 20.7. The van der Waals surface area contributed by atoms with Crippen LogP contribution in [0.2, 0.25) is 5.02 Å². The number of hydrogen-bond acceptors (Lipinski definition) is 5. The van der Waals surface area contributed by atoms with Crippen LogP contribution in [0.3, 0.4) is 0 Å². The van der Waals surface area contributed by atoms with Gasteiger partial charge in [0.2, 0.25) is 11.8 Å². The van der Waals surface area contributed by atoms with E-state index < -0.39 is 0 Å². The van der Waals surface area contributed by atoms with Crippen LogP contribution in [0.15, 0.2) is 66.7 Å². The highest BCUT2D eigenvalue weighted by atomic mass is 35.5. The van der Waals surface area contributed by atoms with Crippen molar-refractivity contribution in [2.45, 2.75) is 26.2 Å². The van der Waals surface area contributed by atoms with Crippen molar-refractivity contribution in [3.05, 3.63) is 82.9 Å². The SMILES string of the molecule is CC(=O)N(CCCN(C)C)c1ccc(N/C(=C2\C(=O)Nc3cc(Cl)ccc32)c2ccc(N3CCCC3=O)cc2)cc1. The molecule has 2 aliphatic rings. The van der Waals surface area contributed by atoms with E-state index in [4.69, 9.17) is 11.6 Å². The summed E-state index contributed by atoms with van der Waals surface area (Å²) in [6.07, 6.45) is 2.27. The third-order valence-electron chi connectivity index (χ3n) is 7.33. The van der Waals surface area contributed by atoms with Gasteiger partial charge in [0.15, 0.2) is 0 Å². The fraction of sp³-hybridized carbons (Fsp3) is 0.281. The van der Waals surface area contributed by atoms with Crippen LogP contribution in [0, 0.1) is 0 Å². The number of hydrogen-bond donors (Lipinski definition) is 2. The Morgan fingerprint density at radius 2 is 1.73 bits per heavy atom. The molecule has 0 bridgehead atoms. The number of nitrogens with zero attached hydrogens (tertiary/aromatic N) is 3. The third-order valence-corrected chi connectivity index (χ3v) is 7.57. The molecule has 9 heteroatoms. The summed E-state index contributed by atoms with van der Waals surface area (Å²) in [5.41, 5.74) is 5.75. The molecule has 0 radical (unpaired) electrons. The maximum absolute atomic E-state index is 13.3. The van der Waals surface area contributed by atoms with Gasteiger partial charge in [-0.25, -0.2) is 0 Å². The maximum Gasteiger partial charge on any atom is 0.258 e. The van der Waals surface area contributed by atoms with Crippen molar-refractivity contribution in [3.8, 4) is 0 Å². The number of halogens is 1. The second-order valence-electron chi connectivity index (χ2n) is 10.6. The first-order valence-corrected chi connectivity index (χ1v) is 14.2. The molecule has 2 N–H and O–H groups in total. The Kier molecular flexibility index (Phi) is 8.42. The highest BCUT2D eigenvalue weighted by Gasteiger charge is 2.29. The monoisotopic (exact) mass is 571 g/mol. The van der Waals surface area contributed by atoms with E-state index in [0.717, 1.165) is 47.6 Å². The molecule has 3 amide bonds. The molecule has 2 aliphatic heterocycles. The first-order chi connectivity index (χ1) is 19.7. The lowest BCUT2D eigenvalue weighted by atomic mass is 9.99. The maximum atomic E-state index is 13.3. The summed E-state index contributed by atoms with van der Waals surface area (Å²) in [5.74, 6) is -0.123. The van der Waals surface area contributed by atoms with Crippen LogP contribution in [-0.2, 0) is 14.4 Å². The Bertz CT molecular complexity index is 1500. The summed E-state index contributed by atoms with van der Waals surface area (Å²) in [6.45, 7) is 3.80. The fourth-order valence-corrected chi connectivity index (χ4v) is 5.46. The Morgan fingerprint density at radius 3 is 2.37 bits per heavy atom. The van der Waals surface area contributed by atoms with Crippen molar-refractivity contribution in [3.63, 3.8) is 0 Å². The second-order valence-corrected chi connectivity index (χ2v) is 11.0. The second kappa shape index (κ2) is 12.2. The predicted octanol–water partition coefficient (Wildman–Crippen LogP) is 5.70. The zero-order valence-electron chi connectivity index (χ0n) is 23.5. The molecule has 8 nitrogen and oxygen atoms in total. The Hall–Kier alpha value is -4.14. The molecule has 212 valence electrons. The van der Waals surface area contributed by atoms with Crippen LogP contribution in [0.4, 0.5) is 22.7 Å². The van der Waals surface area contributed by atoms with Gasteiger partial charge in [0.25, 0.3) is 5.91 Å². The Morgan fingerprint density at radius 1 is 1.00 bits per heavy atom. The molecule has 5 rings (SSSR count). The van der Waals surface area contributed by atoms with Crippen molar-refractivity contribution < 1.29 is 14.4 Å². The van der Waals surface area contributed by atoms with E-state index >= 15 is 0 Å². The summed E-state index contributed by atoms with van der Waals surface area (Å²) in [4.78, 5) is 43.6. The van der Waals surface area contributed by atoms with E-state index in [1.165, 1.54) is 0 Å². The average molecular weight is 572 g/mol. The summed E-state index contributed by atoms with van der Waals surface area (Å²) >= 11 is 6.20. The number of carbonyl (C=O) groups is 3. The van der Waals surface area contributed by atoms with E-state index in [1.54, 1.807) is 28.9 Å². The normalized spacial score (nSPS) is 15.7. The molecule has 1 saturated heterocycles. The van der Waals surface area contributed by atoms with Crippen molar-refractivity contribution in [1.82, 2.24) is 4.90 Å². The fourth-order valence-electron chi connectivity index (χ4n) is 5.28. The first kappa shape index (κ1) is 28.4. The molecule has 2 heterocycles. The van der Waals surface area contributed by atoms with Gasteiger partial charge in [-0.05, 0) is 87.6 Å². The topological polar surface area (TPSA) is 85.0 Å². The van der Waals surface area contributed by atoms with Gasteiger partial charge < -0.3 is 25.3 Å². The van der Waals surface area contributed by atoms with E-state index in [1.807, 2.05) is 68.7 Å². The Labute approximate surface area is 245 Å². The molecule has 0 aliphatic carbocycles. The third kappa shape index (κ3) is 6.29. The van der Waals surface area contributed by atoms with E-state index in [-0.39, 0.29) is 17.7 Å². The van der Waals surface area contributed by atoms with Crippen molar-refractivity contribution in [1.29, 1.82) is 0 Å². The number of benzene rings is 3. The lowest BCUT2D eigenvalue weighted by Crippen LogP contribution is -2.31. The van der Waals surface area contributed by atoms with Gasteiger partial charge >= 0.3 is 0 Å². The van der Waals surface area contributed by atoms with Gasteiger partial charge in [-0.1, -0.05) is 29.8 Å². The molecular formula is C32H34ClN5O3. The first-order valence-electron chi connectivity index (χ1n) is 13.8. The van der Waals surface area contributed by atoms with Crippen LogP contribution in [0.1, 0.15) is 37.3 Å². The molecule has 0 aromatic heterocycles. The zero-order chi connectivity index (χ0) is 29.1. The van der Waals surface area contributed by atoms with Crippen LogP contribution in [0.5, 0.6) is 0 Å². The van der Waals surface area contributed by atoms with Crippen LogP contribution in [0.25, 0.3) is 11.3 Å². The number of amides is 3. The lowest BCUT2D eigenvalue weighted by molar-refractivity contribution is -0.117. The minimum absolute atomic E-state index is 0.0123. The number of anilines is 4. The zero-order valence-corrected chi connectivity index (χ0v) is 24.3. The van der Waals surface area contributed by atoms with Crippen molar-refractivity contribution in [2.24, 2.45) is 0 Å². The number of rotatable bonds is 9. The predicted molar refractivity (Wildman–Crippen MR) is 166 cm³/mol. The number of fused-ring (bicyclic) bond motifs is 1. The van der Waals surface area contributed by atoms with Crippen LogP contribution >= 0.6 is 11.6 Å². The quantitative estimate of drug-likeness (QED) is 0.322. The van der Waals surface area contributed by atoms with Gasteiger partial charge in [0, 0.05) is 54.1 Å². The van der Waals surface area contributed by atoms with Crippen LogP contribution < -0.4 is 20.4 Å². The highest BCUT2D eigenvalue weighted by Crippen LogP contribution is 2.39. The van der Waals surface area contributed by atoms with Crippen LogP contribution in [-0.4, -0.2) is 56.4 Å². The molecule has 3 aromatic rings. The Balaban J connectivity index is 1.49. The average Bonchev–Trinajstić information content (AvgIpc) is 3.51. The van der Waals surface area contributed by atoms with E-state index in [2.05, 4.69) is 15.5 Å². The minimum atomic E-state index is -0.233. The molecule has 0 atom stereocenters. The molecule has 1 fully saturated rings. The molecule has 3 aromatic carbocycles. The largest absolute Gasteiger partial charge is 0.354 e. The van der Waals surface area contributed by atoms with Gasteiger partial charge in [-0.2, -0.15) is 0 Å². The van der Waals surface area contributed by atoms with Gasteiger partial charge in [0.05, 0.1) is 17.0 Å². The number of nitrogens with one attached hydrogen (secondary N) is 2. The van der Waals surface area contributed by atoms with E-state index in [0.29, 0.717) is 41.5 Å². The van der Waals surface area contributed by atoms with Crippen molar-refractivity contribution in [2.75, 3.05) is 54.2 Å². The van der Waals surface area contributed by atoms with Gasteiger partial charge in [0.1, 0.15) is 0 Å². The summed E-state index contributed by atoms with van der Waals surface area (Å²) in [7, 11) is 4.03. The minimum Gasteiger partial charge on any atom is -0.354 e. The van der Waals surface area contributed by atoms with Gasteiger partial charge in [-0.3, -0.25) is 14.4 Å². The molecule has 0 spiro atoms. The summed E-state index contributed by atoms with van der Waals surface area (Å²) in [5, 5.41) is 6.94. The standard InChI is InChI=1S/C32H34ClN5O3/c1-21(39)37(19-5-17-36(2)3)25-14-10-24(11-15-25)34-31(30-27-16-9-23(33)20-28(27)35-32(30)41)22-7-12-26(13-8-22)38-18-4-6-29(38)40/h7-16,20,34H,4-6,17-19H2,1-3H3,(H,35,41)/b31-30-. The number of carbonyl (C=O) groups excluding carboxylic acids is 3. The smallest absolute Gasteiger partial charge is 0.258 e. The highest BCUT2D eigenvalue weighted by molar-refractivity contribution is 6.38. The van der Waals surface area contributed by atoms with Gasteiger partial charge in [-0.15, -0.1) is 0 Å². The molecule has 0 saturated carbocycles. The molecular weight excluding hydrogens is 538 g/mol. The summed E-state index contributed by atoms with van der Waals surface area (Å²) < 4.78 is 0. The van der Waals surface area contributed by atoms with Crippen molar-refractivity contribution >= 4 is 63.3 Å². The lowest BCUT2D eigenvalue weighted by Gasteiger charge is -2.23. The molecule has 0 unspecified atom stereocenters.